The first-order valence-electron chi connectivity index (χ1n) is 8.14. The standard InChI is InChI=1S/C19H18N2O3S2/c1-2-12-26(23,24)17-9-4-3-8-16(17)18(22)21-15-7-5-6-14(13-15)19-20-10-11-25-19/h3-11,13H,2,12H2,1H3,(H,21,22). The third-order valence-corrected chi connectivity index (χ3v) is 6.53. The lowest BCUT2D eigenvalue weighted by molar-refractivity contribution is 0.102. The van der Waals surface area contributed by atoms with Crippen LogP contribution in [0.2, 0.25) is 0 Å². The summed E-state index contributed by atoms with van der Waals surface area (Å²) in [6.07, 6.45) is 2.22. The average molecular weight is 386 g/mol. The van der Waals surface area contributed by atoms with E-state index in [1.165, 1.54) is 23.5 Å². The zero-order valence-electron chi connectivity index (χ0n) is 14.2. The normalized spacial score (nSPS) is 11.3. The number of anilines is 1. The highest BCUT2D eigenvalue weighted by Gasteiger charge is 2.21. The van der Waals surface area contributed by atoms with Crippen molar-refractivity contribution in [3.05, 3.63) is 65.7 Å². The van der Waals surface area contributed by atoms with Crippen LogP contribution in [0.4, 0.5) is 5.69 Å². The summed E-state index contributed by atoms with van der Waals surface area (Å²) in [5.74, 6) is -0.437. The zero-order chi connectivity index (χ0) is 18.6. The molecule has 0 radical (unpaired) electrons. The lowest BCUT2D eigenvalue weighted by Gasteiger charge is -2.11. The number of aromatic nitrogens is 1. The van der Waals surface area contributed by atoms with Crippen LogP contribution in [-0.4, -0.2) is 25.1 Å². The highest BCUT2D eigenvalue weighted by molar-refractivity contribution is 7.91. The molecule has 1 amide bonds. The Bertz CT molecular complexity index is 1010. The van der Waals surface area contributed by atoms with Crippen molar-refractivity contribution in [2.75, 3.05) is 11.1 Å². The highest BCUT2D eigenvalue weighted by atomic mass is 32.2. The molecule has 0 aliphatic heterocycles. The van der Waals surface area contributed by atoms with Gasteiger partial charge in [-0.15, -0.1) is 11.3 Å². The van der Waals surface area contributed by atoms with Crippen LogP contribution in [0.3, 0.4) is 0 Å². The number of nitrogens with zero attached hydrogens (tertiary/aromatic N) is 1. The number of amides is 1. The van der Waals surface area contributed by atoms with Crippen LogP contribution in [-0.2, 0) is 9.84 Å². The van der Waals surface area contributed by atoms with Crippen LogP contribution in [0, 0.1) is 0 Å². The SMILES string of the molecule is CCCS(=O)(=O)c1ccccc1C(=O)Nc1cccc(-c2nccs2)c1. The fourth-order valence-electron chi connectivity index (χ4n) is 2.60. The number of carbonyl (C=O) groups is 1. The minimum atomic E-state index is -3.49. The topological polar surface area (TPSA) is 76.1 Å². The van der Waals surface area contributed by atoms with Gasteiger partial charge in [0, 0.05) is 22.8 Å². The van der Waals surface area contributed by atoms with Crippen molar-refractivity contribution >= 4 is 32.8 Å². The number of thiazole rings is 1. The number of hydrogen-bond donors (Lipinski definition) is 1. The Morgan fingerprint density at radius 3 is 2.69 bits per heavy atom. The van der Waals surface area contributed by atoms with Crippen molar-refractivity contribution in [1.29, 1.82) is 0 Å². The molecule has 2 aromatic carbocycles. The molecule has 5 nitrogen and oxygen atoms in total. The second-order valence-electron chi connectivity index (χ2n) is 5.69. The molecule has 1 N–H and O–H groups in total. The second-order valence-corrected chi connectivity index (χ2v) is 8.66. The molecular weight excluding hydrogens is 368 g/mol. The van der Waals surface area contributed by atoms with E-state index in [-0.39, 0.29) is 16.2 Å². The van der Waals surface area contributed by atoms with Crippen molar-refractivity contribution in [1.82, 2.24) is 4.98 Å². The average Bonchev–Trinajstić information content (AvgIpc) is 3.17. The van der Waals surface area contributed by atoms with Crippen LogP contribution >= 0.6 is 11.3 Å². The van der Waals surface area contributed by atoms with E-state index in [1.54, 1.807) is 31.3 Å². The highest BCUT2D eigenvalue weighted by Crippen LogP contribution is 2.25. The smallest absolute Gasteiger partial charge is 0.256 e. The molecule has 0 saturated carbocycles. The van der Waals surface area contributed by atoms with Crippen LogP contribution in [0.25, 0.3) is 10.6 Å². The first-order chi connectivity index (χ1) is 12.5. The molecule has 3 rings (SSSR count). The summed E-state index contributed by atoms with van der Waals surface area (Å²) in [6, 6.07) is 13.6. The van der Waals surface area contributed by atoms with Gasteiger partial charge in [-0.25, -0.2) is 13.4 Å². The number of benzene rings is 2. The lowest BCUT2D eigenvalue weighted by Crippen LogP contribution is -2.17. The number of nitrogens with one attached hydrogen (secondary N) is 1. The molecule has 0 spiro atoms. The van der Waals surface area contributed by atoms with Gasteiger partial charge in [-0.3, -0.25) is 4.79 Å². The van der Waals surface area contributed by atoms with Crippen molar-refractivity contribution < 1.29 is 13.2 Å². The van der Waals surface area contributed by atoms with Crippen molar-refractivity contribution in [2.45, 2.75) is 18.2 Å². The summed E-state index contributed by atoms with van der Waals surface area (Å²) < 4.78 is 24.9. The van der Waals surface area contributed by atoms with E-state index in [9.17, 15) is 13.2 Å². The van der Waals surface area contributed by atoms with Gasteiger partial charge in [0.25, 0.3) is 5.91 Å². The van der Waals surface area contributed by atoms with E-state index in [4.69, 9.17) is 0 Å². The van der Waals surface area contributed by atoms with E-state index < -0.39 is 15.7 Å². The molecule has 134 valence electrons. The Balaban J connectivity index is 1.89. The van der Waals surface area contributed by atoms with Gasteiger partial charge in [-0.1, -0.05) is 31.2 Å². The predicted molar refractivity (Wildman–Crippen MR) is 104 cm³/mol. The number of hydrogen-bond acceptors (Lipinski definition) is 5. The van der Waals surface area contributed by atoms with Gasteiger partial charge < -0.3 is 5.32 Å². The van der Waals surface area contributed by atoms with Gasteiger partial charge in [-0.05, 0) is 30.7 Å². The summed E-state index contributed by atoms with van der Waals surface area (Å²) in [5, 5.41) is 5.53. The Morgan fingerprint density at radius 2 is 1.96 bits per heavy atom. The van der Waals surface area contributed by atoms with Gasteiger partial charge in [0.2, 0.25) is 0 Å². The van der Waals surface area contributed by atoms with Crippen molar-refractivity contribution in [3.8, 4) is 10.6 Å². The van der Waals surface area contributed by atoms with E-state index in [2.05, 4.69) is 10.3 Å². The summed E-state index contributed by atoms with van der Waals surface area (Å²) in [5.41, 5.74) is 1.63. The number of sulfone groups is 1. The largest absolute Gasteiger partial charge is 0.322 e. The molecule has 0 unspecified atom stereocenters. The third-order valence-electron chi connectivity index (χ3n) is 3.74. The van der Waals surface area contributed by atoms with Gasteiger partial charge in [0.05, 0.1) is 16.2 Å². The fourth-order valence-corrected chi connectivity index (χ4v) is 4.77. The molecule has 0 saturated heterocycles. The molecule has 0 fully saturated rings. The summed E-state index contributed by atoms with van der Waals surface area (Å²) >= 11 is 1.51. The number of rotatable bonds is 6. The molecule has 0 aliphatic carbocycles. The molecule has 7 heteroatoms. The zero-order valence-corrected chi connectivity index (χ0v) is 15.8. The van der Waals surface area contributed by atoms with Gasteiger partial charge >= 0.3 is 0 Å². The van der Waals surface area contributed by atoms with E-state index in [0.29, 0.717) is 12.1 Å². The first-order valence-corrected chi connectivity index (χ1v) is 10.7. The fraction of sp³-hybridized carbons (Fsp3) is 0.158. The van der Waals surface area contributed by atoms with E-state index >= 15 is 0 Å². The lowest BCUT2D eigenvalue weighted by atomic mass is 10.2. The maximum absolute atomic E-state index is 12.7. The summed E-state index contributed by atoms with van der Waals surface area (Å²) in [4.78, 5) is 17.0. The second kappa shape index (κ2) is 7.80. The molecule has 3 aromatic rings. The molecule has 1 aromatic heterocycles. The van der Waals surface area contributed by atoms with Crippen LogP contribution in [0.15, 0.2) is 65.0 Å². The maximum Gasteiger partial charge on any atom is 0.256 e. The Kier molecular flexibility index (Phi) is 5.49. The van der Waals surface area contributed by atoms with E-state index in [0.717, 1.165) is 10.6 Å². The van der Waals surface area contributed by atoms with Crippen LogP contribution in [0.5, 0.6) is 0 Å². The Morgan fingerprint density at radius 1 is 1.15 bits per heavy atom. The summed E-state index contributed by atoms with van der Waals surface area (Å²) in [7, 11) is -3.49. The minimum absolute atomic E-state index is 0.0107. The molecule has 0 aliphatic rings. The molecule has 1 heterocycles. The first kappa shape index (κ1) is 18.3. The van der Waals surface area contributed by atoms with Crippen LogP contribution < -0.4 is 5.32 Å². The van der Waals surface area contributed by atoms with Crippen LogP contribution in [0.1, 0.15) is 23.7 Å². The van der Waals surface area contributed by atoms with Gasteiger partial charge in [0.1, 0.15) is 5.01 Å². The van der Waals surface area contributed by atoms with Crippen molar-refractivity contribution in [2.24, 2.45) is 0 Å². The molecular formula is C19H18N2O3S2. The molecule has 0 atom stereocenters. The quantitative estimate of drug-likeness (QED) is 0.687. The molecule has 26 heavy (non-hydrogen) atoms. The Labute approximate surface area is 156 Å². The third kappa shape index (κ3) is 4.00. The van der Waals surface area contributed by atoms with Crippen molar-refractivity contribution in [3.63, 3.8) is 0 Å². The van der Waals surface area contributed by atoms with Gasteiger partial charge in [-0.2, -0.15) is 0 Å². The Hall–Kier alpha value is -2.51. The minimum Gasteiger partial charge on any atom is -0.322 e. The van der Waals surface area contributed by atoms with Gasteiger partial charge in [0.15, 0.2) is 9.84 Å². The monoisotopic (exact) mass is 386 g/mol. The summed E-state index contributed by atoms with van der Waals surface area (Å²) in [6.45, 7) is 1.80. The van der Waals surface area contributed by atoms with E-state index in [1.807, 2.05) is 23.6 Å². The molecule has 0 bridgehead atoms. The maximum atomic E-state index is 12.7. The number of carbonyl (C=O) groups excluding carboxylic acids is 1. The predicted octanol–water partition coefficient (Wildman–Crippen LogP) is 4.25.